The monoisotopic (exact) mass is 262 g/mol. The van der Waals surface area contributed by atoms with Gasteiger partial charge in [0.15, 0.2) is 0 Å². The highest BCUT2D eigenvalue weighted by Gasteiger charge is 2.23. The van der Waals surface area contributed by atoms with Crippen molar-refractivity contribution < 1.29 is 4.74 Å². The number of hydrogen-bond donors (Lipinski definition) is 1. The molecule has 3 nitrogen and oxygen atoms in total. The summed E-state index contributed by atoms with van der Waals surface area (Å²) < 4.78 is 5.18. The Balaban J connectivity index is 1.80. The summed E-state index contributed by atoms with van der Waals surface area (Å²) >= 11 is 0. The Morgan fingerprint density at radius 2 is 2.11 bits per heavy atom. The number of ether oxygens (including phenoxy) is 1. The molecule has 19 heavy (non-hydrogen) atoms. The van der Waals surface area contributed by atoms with Crippen LogP contribution in [0.5, 0.6) is 5.75 Å². The van der Waals surface area contributed by atoms with Gasteiger partial charge in [-0.3, -0.25) is 4.90 Å². The second-order valence-electron chi connectivity index (χ2n) is 5.64. The third-order valence-electron chi connectivity index (χ3n) is 4.10. The van der Waals surface area contributed by atoms with Crippen LogP contribution in [0.2, 0.25) is 0 Å². The van der Waals surface area contributed by atoms with Crippen LogP contribution in [0.25, 0.3) is 0 Å². The summed E-state index contributed by atoms with van der Waals surface area (Å²) in [5.74, 6) is 1.71. The van der Waals surface area contributed by atoms with E-state index in [-0.39, 0.29) is 0 Å². The lowest BCUT2D eigenvalue weighted by Gasteiger charge is -2.18. The molecule has 0 spiro atoms. The van der Waals surface area contributed by atoms with Crippen molar-refractivity contribution >= 4 is 0 Å². The van der Waals surface area contributed by atoms with Gasteiger partial charge in [-0.2, -0.15) is 0 Å². The maximum atomic E-state index is 6.05. The lowest BCUT2D eigenvalue weighted by molar-refractivity contribution is 0.308. The van der Waals surface area contributed by atoms with Gasteiger partial charge in [0.2, 0.25) is 0 Å². The Morgan fingerprint density at radius 1 is 1.37 bits per heavy atom. The molecule has 2 unspecified atom stereocenters. The van der Waals surface area contributed by atoms with E-state index in [2.05, 4.69) is 24.0 Å². The first-order valence-electron chi connectivity index (χ1n) is 7.32. The molecule has 0 saturated carbocycles. The number of methoxy groups -OCH3 is 1. The van der Waals surface area contributed by atoms with Crippen molar-refractivity contribution in [3.8, 4) is 5.75 Å². The Morgan fingerprint density at radius 3 is 2.74 bits per heavy atom. The van der Waals surface area contributed by atoms with E-state index < -0.39 is 0 Å². The quantitative estimate of drug-likeness (QED) is 0.856. The third kappa shape index (κ3) is 4.22. The van der Waals surface area contributed by atoms with Crippen LogP contribution >= 0.6 is 0 Å². The Hall–Kier alpha value is -1.06. The normalized spacial score (nSPS) is 21.5. The lowest BCUT2D eigenvalue weighted by Crippen LogP contribution is -2.25. The topological polar surface area (TPSA) is 38.5 Å². The van der Waals surface area contributed by atoms with Gasteiger partial charge in [-0.05, 0) is 49.4 Å². The van der Waals surface area contributed by atoms with Crippen molar-refractivity contribution in [2.75, 3.05) is 20.2 Å². The Bertz CT molecular complexity index is 377. The van der Waals surface area contributed by atoms with Crippen molar-refractivity contribution in [1.82, 2.24) is 4.90 Å². The van der Waals surface area contributed by atoms with Gasteiger partial charge in [-0.25, -0.2) is 0 Å². The average molecular weight is 262 g/mol. The fourth-order valence-electron chi connectivity index (χ4n) is 2.83. The molecule has 1 aromatic rings. The number of nitrogens with two attached hydrogens (primary N) is 1. The van der Waals surface area contributed by atoms with Crippen LogP contribution in [0.15, 0.2) is 24.3 Å². The second-order valence-corrected chi connectivity index (χ2v) is 5.64. The number of nitrogens with zero attached hydrogens (tertiary/aromatic N) is 1. The number of hydrogen-bond acceptors (Lipinski definition) is 3. The second kappa shape index (κ2) is 6.92. The van der Waals surface area contributed by atoms with Gasteiger partial charge >= 0.3 is 0 Å². The predicted molar refractivity (Wildman–Crippen MR) is 79.3 cm³/mol. The van der Waals surface area contributed by atoms with Gasteiger partial charge in [0.05, 0.1) is 7.11 Å². The van der Waals surface area contributed by atoms with E-state index >= 15 is 0 Å². The largest absolute Gasteiger partial charge is 0.497 e. The highest BCUT2D eigenvalue weighted by Crippen LogP contribution is 2.23. The molecule has 0 bridgehead atoms. The summed E-state index contributed by atoms with van der Waals surface area (Å²) in [5, 5.41) is 0. The molecule has 106 valence electrons. The fraction of sp³-hybridized carbons (Fsp3) is 0.625. The molecule has 1 aliphatic rings. The molecule has 1 heterocycles. The Kier molecular flexibility index (Phi) is 5.23. The van der Waals surface area contributed by atoms with E-state index in [1.807, 2.05) is 12.1 Å². The predicted octanol–water partition coefficient (Wildman–Crippen LogP) is 2.64. The minimum Gasteiger partial charge on any atom is -0.497 e. The summed E-state index contributed by atoms with van der Waals surface area (Å²) in [7, 11) is 1.71. The van der Waals surface area contributed by atoms with Crippen LogP contribution in [0.4, 0.5) is 0 Å². The molecule has 1 aliphatic heterocycles. The smallest absolute Gasteiger partial charge is 0.118 e. The van der Waals surface area contributed by atoms with Gasteiger partial charge in [0.1, 0.15) is 5.75 Å². The van der Waals surface area contributed by atoms with Crippen LogP contribution in [0.1, 0.15) is 31.7 Å². The standard InChI is InChI=1S/C16H26N2O/c1-3-15(17)10-14-8-9-18(12-14)11-13-4-6-16(19-2)7-5-13/h4-7,14-15H,3,8-12,17H2,1-2H3. The number of rotatable bonds is 6. The van der Waals surface area contributed by atoms with Crippen molar-refractivity contribution in [2.24, 2.45) is 11.7 Å². The number of benzene rings is 1. The van der Waals surface area contributed by atoms with Gasteiger partial charge in [-0.15, -0.1) is 0 Å². The molecule has 1 saturated heterocycles. The maximum absolute atomic E-state index is 6.05. The molecular weight excluding hydrogens is 236 g/mol. The first kappa shape index (κ1) is 14.4. The van der Waals surface area contributed by atoms with Gasteiger partial charge in [0, 0.05) is 19.1 Å². The van der Waals surface area contributed by atoms with E-state index in [1.54, 1.807) is 7.11 Å². The summed E-state index contributed by atoms with van der Waals surface area (Å²) in [6.07, 6.45) is 3.56. The zero-order valence-electron chi connectivity index (χ0n) is 12.1. The number of likely N-dealkylation sites (tertiary alicyclic amines) is 1. The van der Waals surface area contributed by atoms with E-state index in [1.165, 1.54) is 31.5 Å². The molecule has 2 rings (SSSR count). The summed E-state index contributed by atoms with van der Waals surface area (Å²) in [5.41, 5.74) is 7.41. The molecule has 1 aromatic carbocycles. The molecule has 0 aliphatic carbocycles. The van der Waals surface area contributed by atoms with E-state index in [0.29, 0.717) is 6.04 Å². The van der Waals surface area contributed by atoms with Crippen LogP contribution in [-0.4, -0.2) is 31.1 Å². The van der Waals surface area contributed by atoms with Gasteiger partial charge < -0.3 is 10.5 Å². The zero-order chi connectivity index (χ0) is 13.7. The molecule has 2 atom stereocenters. The van der Waals surface area contributed by atoms with Crippen LogP contribution in [0.3, 0.4) is 0 Å². The van der Waals surface area contributed by atoms with Crippen molar-refractivity contribution in [2.45, 2.75) is 38.8 Å². The molecule has 3 heteroatoms. The summed E-state index contributed by atoms with van der Waals surface area (Å²) in [6.45, 7) is 5.61. The minimum absolute atomic E-state index is 0.380. The van der Waals surface area contributed by atoms with E-state index in [9.17, 15) is 0 Å². The summed E-state index contributed by atoms with van der Waals surface area (Å²) in [6, 6.07) is 8.77. The zero-order valence-corrected chi connectivity index (χ0v) is 12.1. The van der Waals surface area contributed by atoms with E-state index in [0.717, 1.165) is 24.6 Å². The van der Waals surface area contributed by atoms with Crippen LogP contribution < -0.4 is 10.5 Å². The molecule has 0 radical (unpaired) electrons. The maximum Gasteiger partial charge on any atom is 0.118 e. The molecule has 2 N–H and O–H groups in total. The Labute approximate surface area is 116 Å². The van der Waals surface area contributed by atoms with Gasteiger partial charge in [-0.1, -0.05) is 19.1 Å². The van der Waals surface area contributed by atoms with E-state index in [4.69, 9.17) is 10.5 Å². The van der Waals surface area contributed by atoms with Crippen molar-refractivity contribution in [3.05, 3.63) is 29.8 Å². The van der Waals surface area contributed by atoms with Crippen molar-refractivity contribution in [3.63, 3.8) is 0 Å². The molecular formula is C16H26N2O. The fourth-order valence-corrected chi connectivity index (χ4v) is 2.83. The van der Waals surface area contributed by atoms with Crippen LogP contribution in [0, 0.1) is 5.92 Å². The van der Waals surface area contributed by atoms with Crippen LogP contribution in [-0.2, 0) is 6.54 Å². The SMILES string of the molecule is CCC(N)CC1CCN(Cc2ccc(OC)cc2)C1. The summed E-state index contributed by atoms with van der Waals surface area (Å²) in [4.78, 5) is 2.54. The third-order valence-corrected chi connectivity index (χ3v) is 4.10. The molecule has 0 aromatic heterocycles. The van der Waals surface area contributed by atoms with Gasteiger partial charge in [0.25, 0.3) is 0 Å². The molecule has 0 amide bonds. The minimum atomic E-state index is 0.380. The lowest BCUT2D eigenvalue weighted by atomic mass is 9.98. The average Bonchev–Trinajstić information content (AvgIpc) is 2.86. The van der Waals surface area contributed by atoms with Crippen molar-refractivity contribution in [1.29, 1.82) is 0 Å². The highest BCUT2D eigenvalue weighted by molar-refractivity contribution is 5.27. The first-order valence-corrected chi connectivity index (χ1v) is 7.32. The highest BCUT2D eigenvalue weighted by atomic mass is 16.5. The first-order chi connectivity index (χ1) is 9.21. The molecule has 1 fully saturated rings.